The zero-order valence-electron chi connectivity index (χ0n) is 10.7. The molecule has 2 nitrogen and oxygen atoms in total. The Hall–Kier alpha value is -1.75. The maximum absolute atomic E-state index is 13.6. The van der Waals surface area contributed by atoms with Crippen LogP contribution in [0.4, 0.5) is 8.78 Å². The van der Waals surface area contributed by atoms with Gasteiger partial charge in [-0.2, -0.15) is 0 Å². The van der Waals surface area contributed by atoms with Crippen molar-refractivity contribution in [1.29, 1.82) is 0 Å². The number of rotatable bonds is 3. The van der Waals surface area contributed by atoms with Gasteiger partial charge < -0.3 is 4.90 Å². The van der Waals surface area contributed by atoms with Crippen LogP contribution in [0.3, 0.4) is 0 Å². The molecule has 0 spiro atoms. The van der Waals surface area contributed by atoms with Gasteiger partial charge in [-0.3, -0.25) is 4.79 Å². The molecule has 20 heavy (non-hydrogen) atoms. The number of amides is 1. The first-order chi connectivity index (χ1) is 9.49. The Morgan fingerprint density at radius 3 is 2.60 bits per heavy atom. The fourth-order valence-corrected chi connectivity index (χ4v) is 2.23. The van der Waals surface area contributed by atoms with Crippen LogP contribution in [0, 0.1) is 11.6 Å². The molecular formula is C15H12BrF2NO. The summed E-state index contributed by atoms with van der Waals surface area (Å²) in [7, 11) is 1.55. The second-order valence-electron chi connectivity index (χ2n) is 4.38. The van der Waals surface area contributed by atoms with Crippen molar-refractivity contribution < 1.29 is 13.6 Å². The van der Waals surface area contributed by atoms with Crippen molar-refractivity contribution in [2.75, 3.05) is 7.05 Å². The van der Waals surface area contributed by atoms with Crippen molar-refractivity contribution in [3.05, 3.63) is 69.7 Å². The van der Waals surface area contributed by atoms with E-state index in [1.165, 1.54) is 4.90 Å². The van der Waals surface area contributed by atoms with Crippen LogP contribution >= 0.6 is 15.9 Å². The first-order valence-electron chi connectivity index (χ1n) is 5.93. The second-order valence-corrected chi connectivity index (χ2v) is 5.23. The smallest absolute Gasteiger partial charge is 0.256 e. The molecule has 0 N–H and O–H groups in total. The van der Waals surface area contributed by atoms with Crippen LogP contribution in [0.5, 0.6) is 0 Å². The molecule has 0 saturated carbocycles. The summed E-state index contributed by atoms with van der Waals surface area (Å²) in [5.41, 5.74) is 0.625. The molecule has 0 aliphatic carbocycles. The summed E-state index contributed by atoms with van der Waals surface area (Å²) in [6.45, 7) is 0.302. The van der Waals surface area contributed by atoms with Crippen LogP contribution < -0.4 is 0 Å². The first kappa shape index (κ1) is 14.7. The maximum atomic E-state index is 13.6. The lowest BCUT2D eigenvalue weighted by Crippen LogP contribution is -2.27. The maximum Gasteiger partial charge on any atom is 0.256 e. The Balaban J connectivity index is 2.21. The van der Waals surface area contributed by atoms with E-state index in [-0.39, 0.29) is 5.56 Å². The van der Waals surface area contributed by atoms with Gasteiger partial charge in [-0.05, 0) is 29.8 Å². The van der Waals surface area contributed by atoms with Crippen LogP contribution in [-0.4, -0.2) is 17.9 Å². The predicted molar refractivity (Wildman–Crippen MR) is 76.3 cm³/mol. The van der Waals surface area contributed by atoms with Crippen LogP contribution in [0.25, 0.3) is 0 Å². The molecule has 0 atom stereocenters. The minimum atomic E-state index is -0.727. The molecule has 0 radical (unpaired) electrons. The molecule has 0 aliphatic rings. The number of carbonyl (C=O) groups is 1. The molecule has 1 amide bonds. The van der Waals surface area contributed by atoms with Crippen molar-refractivity contribution in [1.82, 2.24) is 4.90 Å². The fourth-order valence-electron chi connectivity index (χ4n) is 1.82. The highest BCUT2D eigenvalue weighted by molar-refractivity contribution is 9.10. The van der Waals surface area contributed by atoms with Gasteiger partial charge in [0.25, 0.3) is 5.91 Å². The third kappa shape index (κ3) is 3.22. The van der Waals surface area contributed by atoms with E-state index in [2.05, 4.69) is 15.9 Å². The van der Waals surface area contributed by atoms with Crippen molar-refractivity contribution in [2.24, 2.45) is 0 Å². The first-order valence-corrected chi connectivity index (χ1v) is 6.72. The molecule has 2 aromatic rings. The number of hydrogen-bond acceptors (Lipinski definition) is 1. The predicted octanol–water partition coefficient (Wildman–Crippen LogP) is 4.00. The van der Waals surface area contributed by atoms with Gasteiger partial charge in [0.2, 0.25) is 0 Å². The molecule has 0 aliphatic heterocycles. The fraction of sp³-hybridized carbons (Fsp3) is 0.133. The minimum Gasteiger partial charge on any atom is -0.337 e. The molecule has 0 fully saturated rings. The summed E-state index contributed by atoms with van der Waals surface area (Å²) in [4.78, 5) is 13.5. The van der Waals surface area contributed by atoms with E-state index in [1.807, 2.05) is 24.3 Å². The van der Waals surface area contributed by atoms with Gasteiger partial charge in [-0.15, -0.1) is 0 Å². The highest BCUT2D eigenvalue weighted by atomic mass is 79.9. The molecule has 2 aromatic carbocycles. The average Bonchev–Trinajstić information content (AvgIpc) is 2.43. The quantitative estimate of drug-likeness (QED) is 0.827. The second kappa shape index (κ2) is 6.13. The largest absolute Gasteiger partial charge is 0.337 e. The van der Waals surface area contributed by atoms with E-state index < -0.39 is 17.5 Å². The Morgan fingerprint density at radius 1 is 1.20 bits per heavy atom. The summed E-state index contributed by atoms with van der Waals surface area (Å²) in [6, 6.07) is 10.3. The highest BCUT2D eigenvalue weighted by Gasteiger charge is 2.17. The van der Waals surface area contributed by atoms with Crippen molar-refractivity contribution in [3.63, 3.8) is 0 Å². The number of nitrogens with zero attached hydrogens (tertiary/aromatic N) is 1. The number of halogens is 3. The lowest BCUT2D eigenvalue weighted by molar-refractivity contribution is 0.0779. The molecule has 0 unspecified atom stereocenters. The number of carbonyl (C=O) groups excluding carboxylic acids is 1. The molecule has 0 heterocycles. The third-order valence-corrected chi connectivity index (χ3v) is 3.64. The Bertz CT molecular complexity index is 646. The molecule has 0 bridgehead atoms. The van der Waals surface area contributed by atoms with Crippen LogP contribution in [0.2, 0.25) is 0 Å². The van der Waals surface area contributed by atoms with E-state index >= 15 is 0 Å². The molecule has 2 rings (SSSR count). The highest BCUT2D eigenvalue weighted by Crippen LogP contribution is 2.19. The van der Waals surface area contributed by atoms with Gasteiger partial charge in [-0.1, -0.05) is 34.1 Å². The molecular weight excluding hydrogens is 328 g/mol. The molecule has 104 valence electrons. The van der Waals surface area contributed by atoms with Crippen molar-refractivity contribution in [3.8, 4) is 0 Å². The van der Waals surface area contributed by atoms with E-state index in [0.29, 0.717) is 6.54 Å². The van der Waals surface area contributed by atoms with Crippen molar-refractivity contribution >= 4 is 21.8 Å². The Labute approximate surface area is 124 Å². The molecule has 0 saturated heterocycles. The van der Waals surface area contributed by atoms with E-state index in [0.717, 1.165) is 28.2 Å². The van der Waals surface area contributed by atoms with Gasteiger partial charge in [-0.25, -0.2) is 8.78 Å². The zero-order chi connectivity index (χ0) is 14.7. The van der Waals surface area contributed by atoms with E-state index in [1.54, 1.807) is 7.05 Å². The normalized spacial score (nSPS) is 10.4. The average molecular weight is 340 g/mol. The topological polar surface area (TPSA) is 20.3 Å². The van der Waals surface area contributed by atoms with E-state index in [9.17, 15) is 13.6 Å². The number of benzene rings is 2. The van der Waals surface area contributed by atoms with Gasteiger partial charge >= 0.3 is 0 Å². The van der Waals surface area contributed by atoms with Gasteiger partial charge in [0.1, 0.15) is 11.6 Å². The lowest BCUT2D eigenvalue weighted by Gasteiger charge is -2.18. The van der Waals surface area contributed by atoms with Crippen LogP contribution in [-0.2, 0) is 6.54 Å². The standard InChI is InChI=1S/C15H12BrF2NO/c1-19(9-10-4-2-3-5-13(10)16)15(20)12-8-11(17)6-7-14(12)18/h2-8H,9H2,1H3. The summed E-state index contributed by atoms with van der Waals surface area (Å²) in [5.74, 6) is -1.92. The molecule has 0 aromatic heterocycles. The summed E-state index contributed by atoms with van der Waals surface area (Å²) in [6.07, 6.45) is 0. The Kier molecular flexibility index (Phi) is 4.49. The molecule has 5 heteroatoms. The zero-order valence-corrected chi connectivity index (χ0v) is 12.3. The summed E-state index contributed by atoms with van der Waals surface area (Å²) in [5, 5.41) is 0. The van der Waals surface area contributed by atoms with Gasteiger partial charge in [0, 0.05) is 18.1 Å². The third-order valence-electron chi connectivity index (χ3n) is 2.87. The summed E-state index contributed by atoms with van der Waals surface area (Å²) >= 11 is 3.38. The minimum absolute atomic E-state index is 0.264. The van der Waals surface area contributed by atoms with Crippen molar-refractivity contribution in [2.45, 2.75) is 6.54 Å². The van der Waals surface area contributed by atoms with Gasteiger partial charge in [0.15, 0.2) is 0 Å². The Morgan fingerprint density at radius 2 is 1.90 bits per heavy atom. The summed E-state index contributed by atoms with van der Waals surface area (Å²) < 4.78 is 27.6. The van der Waals surface area contributed by atoms with Crippen LogP contribution in [0.1, 0.15) is 15.9 Å². The SMILES string of the molecule is CN(Cc1ccccc1Br)C(=O)c1cc(F)ccc1F. The monoisotopic (exact) mass is 339 g/mol. The lowest BCUT2D eigenvalue weighted by atomic mass is 10.1. The van der Waals surface area contributed by atoms with Gasteiger partial charge in [0.05, 0.1) is 5.56 Å². The number of hydrogen-bond donors (Lipinski definition) is 0. The van der Waals surface area contributed by atoms with E-state index in [4.69, 9.17) is 0 Å². The van der Waals surface area contributed by atoms with Crippen LogP contribution in [0.15, 0.2) is 46.9 Å².